The third kappa shape index (κ3) is 1.73. The Kier molecular flexibility index (Phi) is 3.30. The van der Waals surface area contributed by atoms with E-state index in [1.807, 2.05) is 0 Å². The van der Waals surface area contributed by atoms with Crippen LogP contribution in [0.15, 0.2) is 11.6 Å². The van der Waals surface area contributed by atoms with Crippen molar-refractivity contribution in [2.45, 2.75) is 77.2 Å². The van der Waals surface area contributed by atoms with Crippen molar-refractivity contribution >= 4 is 0 Å². The van der Waals surface area contributed by atoms with Gasteiger partial charge in [-0.25, -0.2) is 4.39 Å². The smallest absolute Gasteiger partial charge is 0.127 e. The van der Waals surface area contributed by atoms with Crippen molar-refractivity contribution in [1.29, 1.82) is 0 Å². The van der Waals surface area contributed by atoms with Crippen molar-refractivity contribution in [2.75, 3.05) is 0 Å². The predicted molar refractivity (Wildman–Crippen MR) is 84.0 cm³/mol. The lowest BCUT2D eigenvalue weighted by molar-refractivity contribution is -0.108. The number of alkyl halides is 1. The number of hydrogen-bond donors (Lipinski definition) is 2. The van der Waals surface area contributed by atoms with Gasteiger partial charge in [-0.3, -0.25) is 0 Å². The average Bonchev–Trinajstić information content (AvgIpc) is 2.72. The van der Waals surface area contributed by atoms with Gasteiger partial charge in [-0.05, 0) is 68.1 Å². The van der Waals surface area contributed by atoms with Crippen LogP contribution in [-0.2, 0) is 0 Å². The molecule has 4 aliphatic carbocycles. The molecule has 0 aromatic rings. The van der Waals surface area contributed by atoms with E-state index in [0.717, 1.165) is 38.5 Å². The van der Waals surface area contributed by atoms with Gasteiger partial charge in [0, 0.05) is 5.41 Å². The summed E-state index contributed by atoms with van der Waals surface area (Å²) in [5.74, 6) is 1.20. The summed E-state index contributed by atoms with van der Waals surface area (Å²) in [5.41, 5.74) is 1.09. The topological polar surface area (TPSA) is 40.5 Å². The summed E-state index contributed by atoms with van der Waals surface area (Å²) in [5, 5.41) is 21.1. The molecule has 4 rings (SSSR count). The number of allylic oxidation sites excluding steroid dienone is 1. The van der Waals surface area contributed by atoms with Crippen LogP contribution in [0, 0.1) is 28.6 Å². The number of fused-ring (bicyclic) bond motifs is 5. The summed E-state index contributed by atoms with van der Waals surface area (Å²) in [6, 6.07) is 0. The quantitative estimate of drug-likeness (QED) is 0.671. The first-order valence-electron chi connectivity index (χ1n) is 9.08. The van der Waals surface area contributed by atoms with Crippen LogP contribution in [0.2, 0.25) is 0 Å². The van der Waals surface area contributed by atoms with E-state index in [0.29, 0.717) is 18.3 Å². The van der Waals surface area contributed by atoms with E-state index in [-0.39, 0.29) is 22.9 Å². The van der Waals surface area contributed by atoms with Crippen molar-refractivity contribution < 1.29 is 14.6 Å². The maximum absolute atomic E-state index is 14.2. The Bertz CT molecular complexity index is 504. The summed E-state index contributed by atoms with van der Waals surface area (Å²) in [7, 11) is 0. The molecule has 2 nitrogen and oxygen atoms in total. The first-order valence-corrected chi connectivity index (χ1v) is 9.08. The predicted octanol–water partition coefficient (Wildman–Crippen LogP) is 3.62. The number of aliphatic hydroxyl groups is 2. The van der Waals surface area contributed by atoms with Crippen LogP contribution in [0.3, 0.4) is 0 Å². The average molecular weight is 308 g/mol. The molecule has 0 unspecified atom stereocenters. The monoisotopic (exact) mass is 308 g/mol. The molecule has 0 amide bonds. The van der Waals surface area contributed by atoms with Gasteiger partial charge < -0.3 is 10.2 Å². The molecule has 0 bridgehead atoms. The molecular formula is C19H29FO2. The van der Waals surface area contributed by atoms with E-state index in [9.17, 15) is 14.6 Å². The zero-order valence-corrected chi connectivity index (χ0v) is 13.8. The zero-order valence-electron chi connectivity index (χ0n) is 13.8. The van der Waals surface area contributed by atoms with Crippen molar-refractivity contribution in [3.63, 3.8) is 0 Å². The number of hydrogen-bond acceptors (Lipinski definition) is 2. The number of rotatable bonds is 0. The fourth-order valence-corrected chi connectivity index (χ4v) is 6.71. The molecule has 0 heterocycles. The minimum atomic E-state index is -1.06. The second-order valence-electron chi connectivity index (χ2n) is 8.76. The van der Waals surface area contributed by atoms with Gasteiger partial charge >= 0.3 is 0 Å². The molecule has 4 aliphatic rings. The normalized spacial score (nSPS) is 57.6. The van der Waals surface area contributed by atoms with E-state index in [1.165, 1.54) is 5.57 Å². The molecule has 0 aromatic carbocycles. The van der Waals surface area contributed by atoms with Crippen LogP contribution in [0.4, 0.5) is 4.39 Å². The lowest BCUT2D eigenvalue weighted by Gasteiger charge is -2.59. The molecule has 0 radical (unpaired) electrons. The van der Waals surface area contributed by atoms with E-state index in [2.05, 4.69) is 19.9 Å². The van der Waals surface area contributed by atoms with Gasteiger partial charge in [0.1, 0.15) is 6.17 Å². The molecule has 124 valence electrons. The molecule has 22 heavy (non-hydrogen) atoms. The van der Waals surface area contributed by atoms with Crippen LogP contribution in [0.25, 0.3) is 0 Å². The van der Waals surface area contributed by atoms with Gasteiger partial charge in [0.05, 0.1) is 12.2 Å². The molecule has 3 heteroatoms. The summed E-state index contributed by atoms with van der Waals surface area (Å²) in [6.07, 6.45) is 6.71. The van der Waals surface area contributed by atoms with Gasteiger partial charge in [-0.1, -0.05) is 25.5 Å². The van der Waals surface area contributed by atoms with Crippen LogP contribution in [0.5, 0.6) is 0 Å². The lowest BCUT2D eigenvalue weighted by Crippen LogP contribution is -2.54. The fraction of sp³-hybridized carbons (Fsp3) is 0.895. The molecule has 2 N–H and O–H groups in total. The van der Waals surface area contributed by atoms with Gasteiger partial charge in [-0.2, -0.15) is 0 Å². The molecule has 3 saturated carbocycles. The molecule has 8 atom stereocenters. The lowest BCUT2D eigenvalue weighted by atomic mass is 9.47. The minimum absolute atomic E-state index is 0.109. The van der Waals surface area contributed by atoms with E-state index in [1.54, 1.807) is 0 Å². The second-order valence-corrected chi connectivity index (χ2v) is 8.76. The standard InChI is InChI=1S/C19H29FO2/c1-18-9-8-13-12(14(18)10-15(20)17(18)22)7-6-11-4-3-5-16(21)19(11,13)2/h4,12-17,21-22H,3,5-10H2,1-2H3/t12-,13+,14+,15+,16+,17-,18+,19+/m1/s1. The summed E-state index contributed by atoms with van der Waals surface area (Å²) < 4.78 is 14.2. The molecule has 0 aromatic heterocycles. The van der Waals surface area contributed by atoms with Crippen molar-refractivity contribution in [2.24, 2.45) is 28.6 Å². The Morgan fingerprint density at radius 1 is 1.14 bits per heavy atom. The van der Waals surface area contributed by atoms with E-state index in [4.69, 9.17) is 0 Å². The first-order chi connectivity index (χ1) is 10.4. The van der Waals surface area contributed by atoms with Gasteiger partial charge in [0.2, 0.25) is 0 Å². The molecule has 0 aliphatic heterocycles. The van der Waals surface area contributed by atoms with Gasteiger partial charge in [0.25, 0.3) is 0 Å². The largest absolute Gasteiger partial charge is 0.392 e. The van der Waals surface area contributed by atoms with Crippen LogP contribution in [-0.4, -0.2) is 28.6 Å². The summed E-state index contributed by atoms with van der Waals surface area (Å²) in [6.45, 7) is 4.35. The molecular weight excluding hydrogens is 279 g/mol. The first kappa shape index (κ1) is 15.1. The SMILES string of the molecule is C[C@]12CC[C@H]3[C@@H](CCC4=CCC[C@H](O)[C@@]43C)[C@@H]1C[C@H](F)[C@H]2O. The Labute approximate surface area is 132 Å². The number of aliphatic hydroxyl groups excluding tert-OH is 2. The maximum Gasteiger partial charge on any atom is 0.127 e. The summed E-state index contributed by atoms with van der Waals surface area (Å²) >= 11 is 0. The third-order valence-electron chi connectivity index (χ3n) is 8.10. The maximum atomic E-state index is 14.2. The van der Waals surface area contributed by atoms with Crippen molar-refractivity contribution in [3.05, 3.63) is 11.6 Å². The Morgan fingerprint density at radius 2 is 1.91 bits per heavy atom. The van der Waals surface area contributed by atoms with Crippen molar-refractivity contribution in [1.82, 2.24) is 0 Å². The Hall–Kier alpha value is -0.410. The Morgan fingerprint density at radius 3 is 2.68 bits per heavy atom. The highest BCUT2D eigenvalue weighted by Crippen LogP contribution is 2.65. The minimum Gasteiger partial charge on any atom is -0.392 e. The highest BCUT2D eigenvalue weighted by Gasteiger charge is 2.62. The fourth-order valence-electron chi connectivity index (χ4n) is 6.71. The zero-order chi connectivity index (χ0) is 15.7. The van der Waals surface area contributed by atoms with Crippen LogP contribution < -0.4 is 0 Å². The van der Waals surface area contributed by atoms with Gasteiger partial charge in [-0.15, -0.1) is 0 Å². The summed E-state index contributed by atoms with van der Waals surface area (Å²) in [4.78, 5) is 0. The molecule has 0 spiro atoms. The molecule has 3 fully saturated rings. The Balaban J connectivity index is 1.71. The third-order valence-corrected chi connectivity index (χ3v) is 8.10. The van der Waals surface area contributed by atoms with E-state index >= 15 is 0 Å². The highest BCUT2D eigenvalue weighted by atomic mass is 19.1. The number of halogens is 1. The van der Waals surface area contributed by atoms with Crippen LogP contribution in [0.1, 0.15) is 58.8 Å². The van der Waals surface area contributed by atoms with E-state index < -0.39 is 12.3 Å². The van der Waals surface area contributed by atoms with Gasteiger partial charge in [0.15, 0.2) is 0 Å². The molecule has 0 saturated heterocycles. The highest BCUT2D eigenvalue weighted by molar-refractivity contribution is 5.26. The van der Waals surface area contributed by atoms with Crippen molar-refractivity contribution in [3.8, 4) is 0 Å². The second kappa shape index (κ2) is 4.80. The van der Waals surface area contributed by atoms with Crippen LogP contribution >= 0.6 is 0 Å².